The molecule has 0 saturated carbocycles. The van der Waals surface area contributed by atoms with Crippen LogP contribution in [0.15, 0.2) is 18.2 Å². The van der Waals surface area contributed by atoms with Gasteiger partial charge in [0.05, 0.1) is 17.4 Å². The molecule has 1 aromatic rings. The molecule has 0 unspecified atom stereocenters. The summed E-state index contributed by atoms with van der Waals surface area (Å²) in [7, 11) is 0. The molecule has 0 saturated heterocycles. The summed E-state index contributed by atoms with van der Waals surface area (Å²) in [6.45, 7) is 5.68. The van der Waals surface area contributed by atoms with Crippen LogP contribution in [0.25, 0.3) is 0 Å². The molecule has 1 rings (SSSR count). The van der Waals surface area contributed by atoms with Gasteiger partial charge >= 0.3 is 0 Å². The van der Waals surface area contributed by atoms with Crippen molar-refractivity contribution in [3.8, 4) is 6.07 Å². The fourth-order valence-electron chi connectivity index (χ4n) is 1.53. The maximum atomic E-state index is 8.98. The zero-order valence-corrected chi connectivity index (χ0v) is 11.6. The van der Waals surface area contributed by atoms with Crippen molar-refractivity contribution in [2.45, 2.75) is 32.8 Å². The Labute approximate surface area is 114 Å². The number of benzene rings is 1. The molecule has 1 aromatic carbocycles. The Balaban J connectivity index is 2.29. The normalized spacial score (nSPS) is 10.4. The van der Waals surface area contributed by atoms with E-state index in [9.17, 15) is 0 Å². The van der Waals surface area contributed by atoms with Gasteiger partial charge in [-0.05, 0) is 44.9 Å². The fourth-order valence-corrected chi connectivity index (χ4v) is 1.70. The van der Waals surface area contributed by atoms with Gasteiger partial charge in [-0.25, -0.2) is 0 Å². The van der Waals surface area contributed by atoms with Gasteiger partial charge in [0.1, 0.15) is 6.07 Å². The minimum absolute atomic E-state index is 0.291. The highest BCUT2D eigenvalue weighted by atomic mass is 35.5. The van der Waals surface area contributed by atoms with Crippen LogP contribution < -0.4 is 5.32 Å². The van der Waals surface area contributed by atoms with Crippen molar-refractivity contribution < 1.29 is 4.74 Å². The van der Waals surface area contributed by atoms with E-state index in [2.05, 4.69) is 11.4 Å². The third-order valence-electron chi connectivity index (χ3n) is 2.44. The smallest absolute Gasteiger partial charge is 0.101 e. The lowest BCUT2D eigenvalue weighted by Crippen LogP contribution is -2.07. The Bertz CT molecular complexity index is 413. The van der Waals surface area contributed by atoms with Gasteiger partial charge in [0, 0.05) is 18.2 Å². The largest absolute Gasteiger partial charge is 0.384 e. The van der Waals surface area contributed by atoms with Crippen LogP contribution in [0, 0.1) is 11.3 Å². The average Bonchev–Trinajstić information content (AvgIpc) is 2.34. The zero-order valence-electron chi connectivity index (χ0n) is 10.9. The van der Waals surface area contributed by atoms with Gasteiger partial charge in [-0.1, -0.05) is 11.6 Å². The number of rotatable bonds is 7. The molecule has 4 heteroatoms. The maximum absolute atomic E-state index is 8.98. The molecule has 0 aliphatic heterocycles. The summed E-state index contributed by atoms with van der Waals surface area (Å²) in [5.41, 5.74) is 1.42. The lowest BCUT2D eigenvalue weighted by molar-refractivity contribution is 0.0765. The van der Waals surface area contributed by atoms with Gasteiger partial charge in [-0.2, -0.15) is 5.26 Å². The summed E-state index contributed by atoms with van der Waals surface area (Å²) in [6.07, 6.45) is 2.32. The quantitative estimate of drug-likeness (QED) is 0.763. The van der Waals surface area contributed by atoms with E-state index in [0.29, 0.717) is 16.7 Å². The number of hydrogen-bond donors (Lipinski definition) is 1. The van der Waals surface area contributed by atoms with E-state index in [0.717, 1.165) is 31.7 Å². The van der Waals surface area contributed by atoms with E-state index in [1.165, 1.54) is 0 Å². The number of unbranched alkanes of at least 4 members (excludes halogenated alkanes) is 1. The third kappa shape index (κ3) is 5.39. The molecule has 3 nitrogen and oxygen atoms in total. The van der Waals surface area contributed by atoms with Gasteiger partial charge in [-0.3, -0.25) is 0 Å². The van der Waals surface area contributed by atoms with E-state index in [1.807, 2.05) is 19.9 Å². The average molecular weight is 267 g/mol. The highest BCUT2D eigenvalue weighted by Crippen LogP contribution is 2.19. The molecule has 0 spiro atoms. The zero-order chi connectivity index (χ0) is 13.4. The van der Waals surface area contributed by atoms with Gasteiger partial charge in [0.2, 0.25) is 0 Å². The first kappa shape index (κ1) is 14.8. The van der Waals surface area contributed by atoms with Crippen molar-refractivity contribution in [1.82, 2.24) is 0 Å². The van der Waals surface area contributed by atoms with E-state index < -0.39 is 0 Å². The summed E-state index contributed by atoms with van der Waals surface area (Å²) >= 11 is 5.83. The summed E-state index contributed by atoms with van der Waals surface area (Å²) in [4.78, 5) is 0. The van der Waals surface area contributed by atoms with Crippen molar-refractivity contribution in [2.75, 3.05) is 18.5 Å². The van der Waals surface area contributed by atoms with E-state index >= 15 is 0 Å². The molecule has 98 valence electrons. The highest BCUT2D eigenvalue weighted by Gasteiger charge is 2.02. The van der Waals surface area contributed by atoms with Crippen molar-refractivity contribution in [3.05, 3.63) is 28.8 Å². The van der Waals surface area contributed by atoms with Crippen LogP contribution in [0.2, 0.25) is 5.02 Å². The minimum atomic E-state index is 0.291. The summed E-state index contributed by atoms with van der Waals surface area (Å²) < 4.78 is 5.46. The molecule has 0 atom stereocenters. The highest BCUT2D eigenvalue weighted by molar-refractivity contribution is 6.30. The van der Waals surface area contributed by atoms with Crippen LogP contribution in [-0.2, 0) is 4.74 Å². The Kier molecular flexibility index (Phi) is 6.56. The second-order valence-corrected chi connectivity index (χ2v) is 4.79. The Morgan fingerprint density at radius 1 is 1.39 bits per heavy atom. The number of anilines is 1. The number of hydrogen-bond acceptors (Lipinski definition) is 3. The van der Waals surface area contributed by atoms with Gasteiger partial charge < -0.3 is 10.1 Å². The van der Waals surface area contributed by atoms with Crippen LogP contribution in [0.1, 0.15) is 32.3 Å². The second-order valence-electron chi connectivity index (χ2n) is 4.36. The molecule has 0 radical (unpaired) electrons. The molecule has 0 aliphatic rings. The van der Waals surface area contributed by atoms with Crippen molar-refractivity contribution in [1.29, 1.82) is 5.26 Å². The Hall–Kier alpha value is -1.24. The van der Waals surface area contributed by atoms with E-state index in [4.69, 9.17) is 21.6 Å². The first-order chi connectivity index (χ1) is 8.63. The lowest BCUT2D eigenvalue weighted by atomic mass is 10.2. The van der Waals surface area contributed by atoms with E-state index in [-0.39, 0.29) is 0 Å². The molecule has 0 amide bonds. The molecular formula is C14H19ClN2O. The SMILES string of the molecule is CC(C)OCCCCNc1ccc(Cl)cc1C#N. The monoisotopic (exact) mass is 266 g/mol. The number of nitriles is 1. The minimum Gasteiger partial charge on any atom is -0.384 e. The summed E-state index contributed by atoms with van der Waals surface area (Å²) in [5.74, 6) is 0. The number of ether oxygens (including phenoxy) is 1. The predicted octanol–water partition coefficient (Wildman–Crippen LogP) is 3.83. The maximum Gasteiger partial charge on any atom is 0.101 e. The van der Waals surface area contributed by atoms with Crippen molar-refractivity contribution >= 4 is 17.3 Å². The van der Waals surface area contributed by atoms with Crippen LogP contribution in [0.5, 0.6) is 0 Å². The van der Waals surface area contributed by atoms with Gasteiger partial charge in [-0.15, -0.1) is 0 Å². The van der Waals surface area contributed by atoms with Crippen LogP contribution in [0.3, 0.4) is 0 Å². The molecule has 1 N–H and O–H groups in total. The molecule has 0 heterocycles. The van der Waals surface area contributed by atoms with Crippen LogP contribution >= 0.6 is 11.6 Å². The van der Waals surface area contributed by atoms with Crippen molar-refractivity contribution in [3.63, 3.8) is 0 Å². The lowest BCUT2D eigenvalue weighted by Gasteiger charge is -2.09. The molecule has 18 heavy (non-hydrogen) atoms. The summed E-state index contributed by atoms with van der Waals surface area (Å²) in [6, 6.07) is 7.43. The first-order valence-electron chi connectivity index (χ1n) is 6.18. The Morgan fingerprint density at radius 3 is 2.83 bits per heavy atom. The number of nitrogens with zero attached hydrogens (tertiary/aromatic N) is 1. The van der Waals surface area contributed by atoms with Crippen LogP contribution in [-0.4, -0.2) is 19.3 Å². The molecule has 0 aromatic heterocycles. The molecule has 0 aliphatic carbocycles. The van der Waals surface area contributed by atoms with Crippen molar-refractivity contribution in [2.24, 2.45) is 0 Å². The topological polar surface area (TPSA) is 45.0 Å². The Morgan fingerprint density at radius 2 is 2.17 bits per heavy atom. The van der Waals surface area contributed by atoms with E-state index in [1.54, 1.807) is 12.1 Å². The number of halogens is 1. The van der Waals surface area contributed by atoms with Gasteiger partial charge in [0.25, 0.3) is 0 Å². The molecule has 0 bridgehead atoms. The second kappa shape index (κ2) is 7.97. The third-order valence-corrected chi connectivity index (χ3v) is 2.67. The van der Waals surface area contributed by atoms with Gasteiger partial charge in [0.15, 0.2) is 0 Å². The fraction of sp³-hybridized carbons (Fsp3) is 0.500. The molecular weight excluding hydrogens is 248 g/mol. The number of nitrogens with one attached hydrogen (secondary N) is 1. The molecule has 0 fully saturated rings. The standard InChI is InChI=1S/C14H19ClN2O/c1-11(2)18-8-4-3-7-17-14-6-5-13(15)9-12(14)10-16/h5-6,9,11,17H,3-4,7-8H2,1-2H3. The predicted molar refractivity (Wildman–Crippen MR) is 75.0 cm³/mol. The first-order valence-corrected chi connectivity index (χ1v) is 6.56. The van der Waals surface area contributed by atoms with Crippen LogP contribution in [0.4, 0.5) is 5.69 Å². The summed E-state index contributed by atoms with van der Waals surface area (Å²) in [5, 5.41) is 12.8.